The molecule has 0 saturated heterocycles. The highest BCUT2D eigenvalue weighted by Gasteiger charge is 2.38. The highest BCUT2D eigenvalue weighted by Crippen LogP contribution is 2.37. The van der Waals surface area contributed by atoms with Crippen molar-refractivity contribution >= 4 is 11.8 Å². The van der Waals surface area contributed by atoms with E-state index < -0.39 is 11.6 Å². The van der Waals surface area contributed by atoms with Gasteiger partial charge in [-0.3, -0.25) is 14.6 Å². The van der Waals surface area contributed by atoms with E-state index in [1.807, 2.05) is 69.3 Å². The number of benzene rings is 2. The van der Waals surface area contributed by atoms with Gasteiger partial charge in [-0.2, -0.15) is 0 Å². The van der Waals surface area contributed by atoms with Crippen molar-refractivity contribution in [2.45, 2.75) is 38.9 Å². The fraction of sp³-hybridized carbons (Fsp3) is 0.296. The van der Waals surface area contributed by atoms with Crippen LogP contribution in [0.1, 0.15) is 37.9 Å². The van der Waals surface area contributed by atoms with Crippen LogP contribution in [0.2, 0.25) is 0 Å². The van der Waals surface area contributed by atoms with Gasteiger partial charge in [0.05, 0.1) is 7.11 Å². The van der Waals surface area contributed by atoms with Crippen molar-refractivity contribution in [1.82, 2.24) is 15.2 Å². The van der Waals surface area contributed by atoms with Crippen LogP contribution >= 0.6 is 0 Å². The maximum atomic E-state index is 13.5. The third-order valence-corrected chi connectivity index (χ3v) is 5.59. The number of ether oxygens (including phenoxy) is 2. The van der Waals surface area contributed by atoms with Crippen molar-refractivity contribution in [3.63, 3.8) is 0 Å². The second-order valence-electron chi connectivity index (χ2n) is 9.22. The number of nitrogens with one attached hydrogen (secondary N) is 1. The van der Waals surface area contributed by atoms with Crippen LogP contribution in [-0.4, -0.2) is 41.0 Å². The number of hydrogen-bond acceptors (Lipinski definition) is 5. The van der Waals surface area contributed by atoms with Crippen LogP contribution in [0, 0.1) is 0 Å². The number of aromatic nitrogens is 1. The standard InChI is InChI=1S/C27H29N3O4/c1-27(2,3)29-26(32)25-21-15-28-14-13-23(21)34-17-24(31)30(25)16-18-9-5-6-10-19(18)20-11-7-8-12-22(20)33-4/h5-15,25H,16-17H2,1-4H3,(H,29,32). The Labute approximate surface area is 199 Å². The molecule has 4 rings (SSSR count). The van der Waals surface area contributed by atoms with Crippen molar-refractivity contribution < 1.29 is 19.1 Å². The molecule has 1 atom stereocenters. The zero-order valence-corrected chi connectivity index (χ0v) is 19.9. The molecule has 0 fully saturated rings. The molecule has 176 valence electrons. The summed E-state index contributed by atoms with van der Waals surface area (Å²) in [6.45, 7) is 5.78. The summed E-state index contributed by atoms with van der Waals surface area (Å²) in [5.41, 5.74) is 2.82. The quantitative estimate of drug-likeness (QED) is 0.620. The van der Waals surface area contributed by atoms with E-state index in [1.54, 1.807) is 30.5 Å². The van der Waals surface area contributed by atoms with E-state index in [2.05, 4.69) is 10.3 Å². The van der Waals surface area contributed by atoms with Gasteiger partial charge < -0.3 is 19.7 Å². The molecule has 0 bridgehead atoms. The van der Waals surface area contributed by atoms with E-state index in [9.17, 15) is 9.59 Å². The minimum atomic E-state index is -0.886. The number of hydrogen-bond donors (Lipinski definition) is 1. The number of carbonyl (C=O) groups excluding carboxylic acids is 2. The van der Waals surface area contributed by atoms with Crippen LogP contribution in [0.3, 0.4) is 0 Å². The maximum absolute atomic E-state index is 13.5. The Kier molecular flexibility index (Phi) is 6.54. The summed E-state index contributed by atoms with van der Waals surface area (Å²) in [6, 6.07) is 16.4. The molecule has 2 heterocycles. The van der Waals surface area contributed by atoms with Gasteiger partial charge in [0.2, 0.25) is 5.91 Å². The molecule has 3 aromatic rings. The summed E-state index contributed by atoms with van der Waals surface area (Å²) in [5.74, 6) is 0.658. The first kappa shape index (κ1) is 23.3. The zero-order chi connectivity index (χ0) is 24.3. The smallest absolute Gasteiger partial charge is 0.261 e. The van der Waals surface area contributed by atoms with Crippen LogP contribution in [-0.2, 0) is 16.1 Å². The van der Waals surface area contributed by atoms with Crippen molar-refractivity contribution in [3.8, 4) is 22.6 Å². The first-order valence-corrected chi connectivity index (χ1v) is 11.2. The fourth-order valence-electron chi connectivity index (χ4n) is 4.14. The first-order chi connectivity index (χ1) is 16.3. The maximum Gasteiger partial charge on any atom is 0.261 e. The Morgan fingerprint density at radius 1 is 1.12 bits per heavy atom. The van der Waals surface area contributed by atoms with E-state index in [0.29, 0.717) is 11.3 Å². The van der Waals surface area contributed by atoms with Crippen LogP contribution in [0.25, 0.3) is 11.1 Å². The second-order valence-corrected chi connectivity index (χ2v) is 9.22. The van der Waals surface area contributed by atoms with Gasteiger partial charge >= 0.3 is 0 Å². The average molecular weight is 460 g/mol. The predicted octanol–water partition coefficient (Wildman–Crippen LogP) is 4.13. The molecule has 1 aliphatic rings. The largest absolute Gasteiger partial charge is 0.496 e. The van der Waals surface area contributed by atoms with Gasteiger partial charge in [0, 0.05) is 35.6 Å². The fourth-order valence-corrected chi connectivity index (χ4v) is 4.14. The number of nitrogens with zero attached hydrogens (tertiary/aromatic N) is 2. The molecule has 2 amide bonds. The Morgan fingerprint density at radius 3 is 2.56 bits per heavy atom. The molecular formula is C27H29N3O4. The minimum Gasteiger partial charge on any atom is -0.496 e. The number of methoxy groups -OCH3 is 1. The van der Waals surface area contributed by atoms with Gasteiger partial charge in [-0.25, -0.2) is 0 Å². The lowest BCUT2D eigenvalue weighted by Gasteiger charge is -2.32. The van der Waals surface area contributed by atoms with E-state index in [4.69, 9.17) is 9.47 Å². The van der Waals surface area contributed by atoms with Gasteiger partial charge in [-0.1, -0.05) is 42.5 Å². The minimum absolute atomic E-state index is 0.160. The molecule has 7 heteroatoms. The molecule has 7 nitrogen and oxygen atoms in total. The molecule has 0 aliphatic carbocycles. The highest BCUT2D eigenvalue weighted by atomic mass is 16.5. The third kappa shape index (κ3) is 4.88. The zero-order valence-electron chi connectivity index (χ0n) is 19.9. The second kappa shape index (κ2) is 9.55. The Hall–Kier alpha value is -3.87. The van der Waals surface area contributed by atoms with Crippen molar-refractivity contribution in [2.24, 2.45) is 0 Å². The molecule has 1 aromatic heterocycles. The number of fused-ring (bicyclic) bond motifs is 1. The molecule has 2 aromatic carbocycles. The monoisotopic (exact) mass is 459 g/mol. The van der Waals surface area contributed by atoms with Gasteiger partial charge in [-0.05, 0) is 44.0 Å². The lowest BCUT2D eigenvalue weighted by molar-refractivity contribution is -0.142. The normalized spacial score (nSPS) is 15.7. The molecular weight excluding hydrogens is 430 g/mol. The van der Waals surface area contributed by atoms with E-state index in [-0.39, 0.29) is 25.0 Å². The van der Waals surface area contributed by atoms with Crippen molar-refractivity contribution in [2.75, 3.05) is 13.7 Å². The van der Waals surface area contributed by atoms with Gasteiger partial charge in [0.25, 0.3) is 5.91 Å². The summed E-state index contributed by atoms with van der Waals surface area (Å²) >= 11 is 0. The lowest BCUT2D eigenvalue weighted by Crippen LogP contribution is -2.49. The van der Waals surface area contributed by atoms with Crippen LogP contribution in [0.4, 0.5) is 0 Å². The Balaban J connectivity index is 1.80. The predicted molar refractivity (Wildman–Crippen MR) is 129 cm³/mol. The van der Waals surface area contributed by atoms with E-state index in [0.717, 1.165) is 22.4 Å². The topological polar surface area (TPSA) is 80.8 Å². The molecule has 1 aliphatic heterocycles. The lowest BCUT2D eigenvalue weighted by atomic mass is 9.97. The number of pyridine rings is 1. The number of amides is 2. The average Bonchev–Trinajstić information content (AvgIpc) is 2.95. The number of para-hydroxylation sites is 1. The SMILES string of the molecule is COc1ccccc1-c1ccccc1CN1C(=O)COc2ccncc2C1C(=O)NC(C)(C)C. The van der Waals surface area contributed by atoms with Crippen LogP contribution < -0.4 is 14.8 Å². The summed E-state index contributed by atoms with van der Waals surface area (Å²) < 4.78 is 11.3. The van der Waals surface area contributed by atoms with Crippen molar-refractivity contribution in [3.05, 3.63) is 78.1 Å². The van der Waals surface area contributed by atoms with Gasteiger partial charge in [-0.15, -0.1) is 0 Å². The van der Waals surface area contributed by atoms with E-state index >= 15 is 0 Å². The summed E-state index contributed by atoms with van der Waals surface area (Å²) in [6.07, 6.45) is 3.19. The van der Waals surface area contributed by atoms with Gasteiger partial charge in [0.15, 0.2) is 6.61 Å². The summed E-state index contributed by atoms with van der Waals surface area (Å²) in [4.78, 5) is 32.6. The summed E-state index contributed by atoms with van der Waals surface area (Å²) in [5, 5.41) is 3.02. The Bertz CT molecular complexity index is 1200. The number of carbonyl (C=O) groups is 2. The molecule has 0 radical (unpaired) electrons. The third-order valence-electron chi connectivity index (χ3n) is 5.59. The van der Waals surface area contributed by atoms with E-state index in [1.165, 1.54) is 0 Å². The molecule has 1 N–H and O–H groups in total. The molecule has 1 unspecified atom stereocenters. The van der Waals surface area contributed by atoms with Crippen LogP contribution in [0.15, 0.2) is 67.0 Å². The van der Waals surface area contributed by atoms with Gasteiger partial charge in [0.1, 0.15) is 17.5 Å². The Morgan fingerprint density at radius 2 is 1.82 bits per heavy atom. The number of rotatable bonds is 5. The molecule has 34 heavy (non-hydrogen) atoms. The highest BCUT2D eigenvalue weighted by molar-refractivity contribution is 5.91. The molecule has 0 spiro atoms. The van der Waals surface area contributed by atoms with Crippen molar-refractivity contribution in [1.29, 1.82) is 0 Å². The first-order valence-electron chi connectivity index (χ1n) is 11.2. The molecule has 0 saturated carbocycles. The van der Waals surface area contributed by atoms with Crippen LogP contribution in [0.5, 0.6) is 11.5 Å². The summed E-state index contributed by atoms with van der Waals surface area (Å²) in [7, 11) is 1.63.